The first kappa shape index (κ1) is 15.9. The number of hydrogen-bond donors (Lipinski definition) is 1. The zero-order chi connectivity index (χ0) is 15.1. The molecule has 2 aromatic rings. The molecule has 0 aliphatic heterocycles. The van der Waals surface area contributed by atoms with E-state index in [0.29, 0.717) is 6.04 Å². The minimum Gasteiger partial charge on any atom is -0.497 e. The van der Waals surface area contributed by atoms with Gasteiger partial charge in [-0.1, -0.05) is 30.8 Å². The second kappa shape index (κ2) is 8.11. The molecule has 0 bridgehead atoms. The van der Waals surface area contributed by atoms with Crippen LogP contribution < -0.4 is 10.1 Å². The lowest BCUT2D eigenvalue weighted by molar-refractivity contribution is 0.414. The Morgan fingerprint density at radius 1 is 1.00 bits per heavy atom. The van der Waals surface area contributed by atoms with Crippen LogP contribution in [0.2, 0.25) is 0 Å². The lowest BCUT2D eigenvalue weighted by atomic mass is 10.1. The highest BCUT2D eigenvalue weighted by atomic mass is 32.2. The van der Waals surface area contributed by atoms with Gasteiger partial charge >= 0.3 is 0 Å². The van der Waals surface area contributed by atoms with Crippen molar-refractivity contribution in [3.63, 3.8) is 0 Å². The minimum absolute atomic E-state index is 0.407. The van der Waals surface area contributed by atoms with Gasteiger partial charge in [0.25, 0.3) is 0 Å². The first-order valence-corrected chi connectivity index (χ1v) is 8.20. The molecule has 0 heterocycles. The molecule has 2 rings (SSSR count). The largest absolute Gasteiger partial charge is 0.497 e. The Hall–Kier alpha value is -1.45. The molecule has 1 N–H and O–H groups in total. The third kappa shape index (κ3) is 4.80. The highest BCUT2D eigenvalue weighted by molar-refractivity contribution is 7.99. The Balaban J connectivity index is 1.98. The topological polar surface area (TPSA) is 21.3 Å². The average Bonchev–Trinajstić information content (AvgIpc) is 2.54. The van der Waals surface area contributed by atoms with Crippen LogP contribution in [0.25, 0.3) is 0 Å². The smallest absolute Gasteiger partial charge is 0.118 e. The van der Waals surface area contributed by atoms with Crippen molar-refractivity contribution in [3.05, 3.63) is 54.1 Å². The Kier molecular flexibility index (Phi) is 6.15. The molecule has 0 saturated heterocycles. The van der Waals surface area contributed by atoms with E-state index in [1.807, 2.05) is 12.1 Å². The summed E-state index contributed by atoms with van der Waals surface area (Å²) in [6.45, 7) is 5.46. The predicted molar refractivity (Wildman–Crippen MR) is 90.3 cm³/mol. The van der Waals surface area contributed by atoms with Gasteiger partial charge < -0.3 is 10.1 Å². The van der Waals surface area contributed by atoms with Crippen LogP contribution in [0.4, 0.5) is 0 Å². The SMILES string of the molecule is CCCNC(C)c1ccc(Sc2ccc(OC)cc2)cc1. The van der Waals surface area contributed by atoms with Crippen molar-refractivity contribution < 1.29 is 4.74 Å². The van der Waals surface area contributed by atoms with E-state index < -0.39 is 0 Å². The summed E-state index contributed by atoms with van der Waals surface area (Å²) in [5, 5.41) is 3.51. The average molecular weight is 301 g/mol. The second-order valence-corrected chi connectivity index (χ2v) is 6.17. The van der Waals surface area contributed by atoms with E-state index in [1.165, 1.54) is 15.4 Å². The van der Waals surface area contributed by atoms with Crippen molar-refractivity contribution in [2.24, 2.45) is 0 Å². The number of methoxy groups -OCH3 is 1. The zero-order valence-corrected chi connectivity index (χ0v) is 13.7. The molecule has 1 atom stereocenters. The Morgan fingerprint density at radius 3 is 2.10 bits per heavy atom. The fourth-order valence-corrected chi connectivity index (χ4v) is 2.90. The Morgan fingerprint density at radius 2 is 1.57 bits per heavy atom. The maximum atomic E-state index is 5.18. The van der Waals surface area contributed by atoms with Crippen LogP contribution in [-0.2, 0) is 0 Å². The summed E-state index contributed by atoms with van der Waals surface area (Å²) in [6, 6.07) is 17.4. The minimum atomic E-state index is 0.407. The zero-order valence-electron chi connectivity index (χ0n) is 12.9. The number of rotatable bonds is 7. The number of nitrogens with one attached hydrogen (secondary N) is 1. The highest BCUT2D eigenvalue weighted by Crippen LogP contribution is 2.29. The van der Waals surface area contributed by atoms with E-state index in [-0.39, 0.29) is 0 Å². The lowest BCUT2D eigenvalue weighted by Gasteiger charge is -2.14. The summed E-state index contributed by atoms with van der Waals surface area (Å²) in [5.41, 5.74) is 1.34. The van der Waals surface area contributed by atoms with Gasteiger partial charge in [0.2, 0.25) is 0 Å². The predicted octanol–water partition coefficient (Wildman–Crippen LogP) is 4.91. The van der Waals surface area contributed by atoms with Gasteiger partial charge in [0.15, 0.2) is 0 Å². The van der Waals surface area contributed by atoms with Gasteiger partial charge in [-0.2, -0.15) is 0 Å². The lowest BCUT2D eigenvalue weighted by Crippen LogP contribution is -2.19. The van der Waals surface area contributed by atoms with E-state index >= 15 is 0 Å². The first-order valence-electron chi connectivity index (χ1n) is 7.38. The number of ether oxygens (including phenoxy) is 1. The summed E-state index contributed by atoms with van der Waals surface area (Å²) in [6.07, 6.45) is 1.16. The van der Waals surface area contributed by atoms with Crippen LogP contribution in [0.5, 0.6) is 5.75 Å². The van der Waals surface area contributed by atoms with Gasteiger partial charge in [0, 0.05) is 15.8 Å². The van der Waals surface area contributed by atoms with Crippen LogP contribution in [0.15, 0.2) is 58.3 Å². The number of benzene rings is 2. The molecule has 0 amide bonds. The van der Waals surface area contributed by atoms with Crippen LogP contribution >= 0.6 is 11.8 Å². The summed E-state index contributed by atoms with van der Waals surface area (Å²) >= 11 is 1.77. The molecule has 0 radical (unpaired) electrons. The third-order valence-electron chi connectivity index (χ3n) is 3.38. The van der Waals surface area contributed by atoms with Crippen LogP contribution in [0.3, 0.4) is 0 Å². The van der Waals surface area contributed by atoms with Crippen LogP contribution in [0, 0.1) is 0 Å². The van der Waals surface area contributed by atoms with Crippen molar-refractivity contribution in [2.45, 2.75) is 36.1 Å². The Labute approximate surface area is 131 Å². The molecule has 2 aromatic carbocycles. The van der Waals surface area contributed by atoms with Crippen molar-refractivity contribution in [1.29, 1.82) is 0 Å². The molecule has 21 heavy (non-hydrogen) atoms. The van der Waals surface area contributed by atoms with Gasteiger partial charge in [-0.25, -0.2) is 0 Å². The van der Waals surface area contributed by atoms with Gasteiger partial charge in [0.1, 0.15) is 5.75 Å². The maximum absolute atomic E-state index is 5.18. The summed E-state index contributed by atoms with van der Waals surface area (Å²) in [5.74, 6) is 0.894. The van der Waals surface area contributed by atoms with Crippen molar-refractivity contribution in [2.75, 3.05) is 13.7 Å². The summed E-state index contributed by atoms with van der Waals surface area (Å²) in [7, 11) is 1.69. The number of hydrogen-bond acceptors (Lipinski definition) is 3. The first-order chi connectivity index (χ1) is 10.2. The van der Waals surface area contributed by atoms with Crippen LogP contribution in [-0.4, -0.2) is 13.7 Å². The van der Waals surface area contributed by atoms with Crippen molar-refractivity contribution >= 4 is 11.8 Å². The Bertz CT molecular complexity index is 536. The summed E-state index contributed by atoms with van der Waals surface area (Å²) in [4.78, 5) is 2.48. The summed E-state index contributed by atoms with van der Waals surface area (Å²) < 4.78 is 5.18. The standard InChI is InChI=1S/C18H23NOS/c1-4-13-19-14(2)15-5-9-17(10-6-15)21-18-11-7-16(20-3)8-12-18/h5-12,14,19H,4,13H2,1-3H3. The van der Waals surface area contributed by atoms with Crippen LogP contribution in [0.1, 0.15) is 31.9 Å². The fourth-order valence-electron chi connectivity index (χ4n) is 2.08. The molecule has 0 saturated carbocycles. The van der Waals surface area contributed by atoms with Gasteiger partial charge in [-0.15, -0.1) is 0 Å². The molecule has 1 unspecified atom stereocenters. The van der Waals surface area contributed by atoms with Gasteiger partial charge in [-0.3, -0.25) is 0 Å². The molecule has 0 aliphatic rings. The molecule has 3 heteroatoms. The maximum Gasteiger partial charge on any atom is 0.118 e. The van der Waals surface area contributed by atoms with E-state index in [0.717, 1.165) is 18.7 Å². The van der Waals surface area contributed by atoms with Gasteiger partial charge in [-0.05, 0) is 61.9 Å². The van der Waals surface area contributed by atoms with E-state index in [2.05, 4.69) is 55.6 Å². The van der Waals surface area contributed by atoms with Crippen molar-refractivity contribution in [1.82, 2.24) is 5.32 Å². The second-order valence-electron chi connectivity index (χ2n) is 5.02. The van der Waals surface area contributed by atoms with Crippen molar-refractivity contribution in [3.8, 4) is 5.75 Å². The molecule has 0 aromatic heterocycles. The monoisotopic (exact) mass is 301 g/mol. The molecular formula is C18H23NOS. The van der Waals surface area contributed by atoms with E-state index in [4.69, 9.17) is 4.74 Å². The molecular weight excluding hydrogens is 278 g/mol. The molecule has 112 valence electrons. The fraction of sp³-hybridized carbons (Fsp3) is 0.333. The molecule has 0 spiro atoms. The van der Waals surface area contributed by atoms with E-state index in [1.54, 1.807) is 18.9 Å². The normalized spacial score (nSPS) is 12.1. The molecule has 2 nitrogen and oxygen atoms in total. The molecule has 0 fully saturated rings. The quantitative estimate of drug-likeness (QED) is 0.785. The highest BCUT2D eigenvalue weighted by Gasteiger charge is 2.04. The third-order valence-corrected chi connectivity index (χ3v) is 4.39. The van der Waals surface area contributed by atoms with E-state index in [9.17, 15) is 0 Å². The van der Waals surface area contributed by atoms with Gasteiger partial charge in [0.05, 0.1) is 7.11 Å². The molecule has 0 aliphatic carbocycles.